The molecule has 124 valence electrons. The monoisotopic (exact) mass is 323 g/mol. The van der Waals surface area contributed by atoms with Crippen LogP contribution in [0.25, 0.3) is 5.82 Å². The first-order chi connectivity index (χ1) is 11.6. The molecule has 1 unspecified atom stereocenters. The third-order valence-electron chi connectivity index (χ3n) is 4.79. The van der Waals surface area contributed by atoms with E-state index in [0.29, 0.717) is 6.04 Å². The van der Waals surface area contributed by atoms with Gasteiger partial charge in [0.15, 0.2) is 5.82 Å². The Hall–Kier alpha value is -2.70. The van der Waals surface area contributed by atoms with Gasteiger partial charge in [0.25, 0.3) is 0 Å². The van der Waals surface area contributed by atoms with Gasteiger partial charge in [-0.3, -0.25) is 9.67 Å². The first kappa shape index (κ1) is 14.9. The highest BCUT2D eigenvalue weighted by Crippen LogP contribution is 2.37. The Labute approximate surface area is 141 Å². The van der Waals surface area contributed by atoms with E-state index in [1.165, 1.54) is 11.3 Å². The third kappa shape index (κ3) is 2.36. The van der Waals surface area contributed by atoms with Gasteiger partial charge in [0, 0.05) is 37.2 Å². The smallest absolute Gasteiger partial charge is 0.173 e. The summed E-state index contributed by atoms with van der Waals surface area (Å²) in [7, 11) is 2.00. The van der Waals surface area contributed by atoms with E-state index in [0.717, 1.165) is 36.7 Å². The number of aromatic nitrogens is 6. The number of nitrogens with zero attached hydrogens (tertiary/aromatic N) is 7. The van der Waals surface area contributed by atoms with Crippen LogP contribution in [-0.4, -0.2) is 36.1 Å². The molecule has 3 aromatic heterocycles. The van der Waals surface area contributed by atoms with Gasteiger partial charge in [-0.15, -0.1) is 0 Å². The molecule has 1 fully saturated rings. The van der Waals surface area contributed by atoms with Gasteiger partial charge in [0.2, 0.25) is 0 Å². The largest absolute Gasteiger partial charge is 0.348 e. The molecular weight excluding hydrogens is 302 g/mol. The molecule has 1 saturated heterocycles. The number of hydrogen-bond donors (Lipinski definition) is 0. The van der Waals surface area contributed by atoms with Gasteiger partial charge in [-0.1, -0.05) is 0 Å². The lowest BCUT2D eigenvalue weighted by molar-refractivity contribution is 0.690. The molecule has 0 saturated carbocycles. The number of rotatable bonds is 3. The van der Waals surface area contributed by atoms with Crippen molar-refractivity contribution >= 4 is 5.82 Å². The molecule has 1 atom stereocenters. The maximum Gasteiger partial charge on any atom is 0.173 e. The van der Waals surface area contributed by atoms with E-state index in [-0.39, 0.29) is 0 Å². The Morgan fingerprint density at radius 3 is 2.71 bits per heavy atom. The highest BCUT2D eigenvalue weighted by molar-refractivity contribution is 5.46. The normalized spacial score (nSPS) is 17.6. The molecule has 24 heavy (non-hydrogen) atoms. The minimum Gasteiger partial charge on any atom is -0.348 e. The lowest BCUT2D eigenvalue weighted by atomic mass is 10.0. The van der Waals surface area contributed by atoms with Crippen molar-refractivity contribution in [2.45, 2.75) is 32.7 Å². The van der Waals surface area contributed by atoms with Crippen LogP contribution in [0.5, 0.6) is 0 Å². The van der Waals surface area contributed by atoms with Gasteiger partial charge in [0.1, 0.15) is 5.82 Å². The third-order valence-corrected chi connectivity index (χ3v) is 4.79. The first-order valence-corrected chi connectivity index (χ1v) is 8.24. The summed E-state index contributed by atoms with van der Waals surface area (Å²) in [4.78, 5) is 11.5. The van der Waals surface area contributed by atoms with Gasteiger partial charge in [-0.25, -0.2) is 9.67 Å². The molecule has 0 aliphatic carbocycles. The summed E-state index contributed by atoms with van der Waals surface area (Å²) >= 11 is 0. The second kappa shape index (κ2) is 5.74. The van der Waals surface area contributed by atoms with E-state index in [1.807, 2.05) is 30.2 Å². The molecular formula is C17H21N7. The average molecular weight is 323 g/mol. The Morgan fingerprint density at radius 1 is 1.17 bits per heavy atom. The van der Waals surface area contributed by atoms with E-state index in [1.54, 1.807) is 17.1 Å². The molecule has 4 heterocycles. The van der Waals surface area contributed by atoms with E-state index in [2.05, 4.69) is 33.9 Å². The quantitative estimate of drug-likeness (QED) is 0.740. The zero-order valence-electron chi connectivity index (χ0n) is 14.2. The van der Waals surface area contributed by atoms with Crippen LogP contribution < -0.4 is 4.90 Å². The van der Waals surface area contributed by atoms with E-state index in [9.17, 15) is 0 Å². The van der Waals surface area contributed by atoms with Crippen molar-refractivity contribution in [3.05, 3.63) is 47.8 Å². The Morgan fingerprint density at radius 2 is 2.00 bits per heavy atom. The van der Waals surface area contributed by atoms with Crippen LogP contribution >= 0.6 is 0 Å². The SMILES string of the molecule is Cc1nn(C)c(C)c1C1CCCN1c1cncc(-n2cccn2)n1. The van der Waals surface area contributed by atoms with Crippen LogP contribution in [-0.2, 0) is 7.05 Å². The summed E-state index contributed by atoms with van der Waals surface area (Å²) in [5, 5.41) is 8.83. The fraction of sp³-hybridized carbons (Fsp3) is 0.412. The Bertz CT molecular complexity index is 850. The maximum atomic E-state index is 4.78. The average Bonchev–Trinajstić information content (AvgIpc) is 3.30. The summed E-state index contributed by atoms with van der Waals surface area (Å²) in [6.07, 6.45) is 9.46. The van der Waals surface area contributed by atoms with Crippen LogP contribution in [0.2, 0.25) is 0 Å². The van der Waals surface area contributed by atoms with Crippen LogP contribution in [0.3, 0.4) is 0 Å². The molecule has 0 bridgehead atoms. The highest BCUT2D eigenvalue weighted by Gasteiger charge is 2.31. The van der Waals surface area contributed by atoms with Crippen LogP contribution in [0.4, 0.5) is 5.82 Å². The summed E-state index contributed by atoms with van der Waals surface area (Å²) < 4.78 is 3.70. The van der Waals surface area contributed by atoms with E-state index in [4.69, 9.17) is 4.98 Å². The lowest BCUT2D eigenvalue weighted by Crippen LogP contribution is -2.25. The van der Waals surface area contributed by atoms with Crippen LogP contribution in [0, 0.1) is 13.8 Å². The Kier molecular flexibility index (Phi) is 3.55. The molecule has 7 heteroatoms. The fourth-order valence-electron chi connectivity index (χ4n) is 3.61. The molecule has 0 radical (unpaired) electrons. The van der Waals surface area contributed by atoms with Crippen molar-refractivity contribution < 1.29 is 0 Å². The molecule has 3 aromatic rings. The van der Waals surface area contributed by atoms with Crippen molar-refractivity contribution in [1.29, 1.82) is 0 Å². The van der Waals surface area contributed by atoms with Gasteiger partial charge in [-0.05, 0) is 32.8 Å². The van der Waals surface area contributed by atoms with E-state index >= 15 is 0 Å². The van der Waals surface area contributed by atoms with E-state index < -0.39 is 0 Å². The lowest BCUT2D eigenvalue weighted by Gasteiger charge is -2.26. The van der Waals surface area contributed by atoms with Crippen molar-refractivity contribution in [3.63, 3.8) is 0 Å². The standard InChI is InChI=1S/C17H21N7/c1-12-17(13(2)22(3)21-12)14-6-4-8-23(14)15-10-18-11-16(20-15)24-9-5-7-19-24/h5,7,9-11,14H,4,6,8H2,1-3H3. The predicted molar refractivity (Wildman–Crippen MR) is 91.2 cm³/mol. The first-order valence-electron chi connectivity index (χ1n) is 8.24. The highest BCUT2D eigenvalue weighted by atomic mass is 15.3. The van der Waals surface area contributed by atoms with Gasteiger partial charge in [0.05, 0.1) is 24.1 Å². The van der Waals surface area contributed by atoms with Crippen molar-refractivity contribution in [2.24, 2.45) is 7.05 Å². The second-order valence-corrected chi connectivity index (χ2v) is 6.25. The molecule has 1 aliphatic heterocycles. The molecule has 0 N–H and O–H groups in total. The zero-order valence-corrected chi connectivity index (χ0v) is 14.2. The molecule has 4 rings (SSSR count). The summed E-state index contributed by atoms with van der Waals surface area (Å²) in [5.41, 5.74) is 3.64. The molecule has 1 aliphatic rings. The van der Waals surface area contributed by atoms with Crippen molar-refractivity contribution in [2.75, 3.05) is 11.4 Å². The van der Waals surface area contributed by atoms with Gasteiger partial charge >= 0.3 is 0 Å². The zero-order chi connectivity index (χ0) is 16.7. The predicted octanol–water partition coefficient (Wildman–Crippen LogP) is 2.35. The number of aryl methyl sites for hydroxylation is 2. The fourth-order valence-corrected chi connectivity index (χ4v) is 3.61. The topological polar surface area (TPSA) is 64.7 Å². The van der Waals surface area contributed by atoms with Crippen LogP contribution in [0.15, 0.2) is 30.9 Å². The molecule has 0 spiro atoms. The number of anilines is 1. The summed E-state index contributed by atoms with van der Waals surface area (Å²) in [6.45, 7) is 5.21. The second-order valence-electron chi connectivity index (χ2n) is 6.25. The Balaban J connectivity index is 1.72. The van der Waals surface area contributed by atoms with Crippen LogP contribution in [0.1, 0.15) is 35.8 Å². The molecule has 0 amide bonds. The van der Waals surface area contributed by atoms with Crippen molar-refractivity contribution in [3.8, 4) is 5.82 Å². The minimum atomic E-state index is 0.306. The van der Waals surface area contributed by atoms with Gasteiger partial charge in [-0.2, -0.15) is 10.2 Å². The maximum absolute atomic E-state index is 4.78. The molecule has 7 nitrogen and oxygen atoms in total. The summed E-state index contributed by atoms with van der Waals surface area (Å²) in [5.74, 6) is 1.64. The number of hydrogen-bond acceptors (Lipinski definition) is 5. The molecule has 0 aromatic carbocycles. The minimum absolute atomic E-state index is 0.306. The summed E-state index contributed by atoms with van der Waals surface area (Å²) in [6, 6.07) is 2.19. The van der Waals surface area contributed by atoms with Gasteiger partial charge < -0.3 is 4.90 Å². The van der Waals surface area contributed by atoms with Crippen molar-refractivity contribution in [1.82, 2.24) is 29.5 Å².